The van der Waals surface area contributed by atoms with E-state index in [1.807, 2.05) is 19.1 Å². The van der Waals surface area contributed by atoms with Crippen LogP contribution in [0.4, 0.5) is 0 Å². The highest BCUT2D eigenvalue weighted by atomic mass is 16.7. The molecule has 2 aliphatic heterocycles. The highest BCUT2D eigenvalue weighted by Crippen LogP contribution is 2.27. The molecule has 0 aliphatic carbocycles. The standard InChI is InChI=1S/C20H28O10/c1-2-3-10-4-6-11(7-5-10)28-20-18(26)16(24)15(23)13(30-20)9-27-19-17(25)14(22)12(8-21)29-19/h2-7,12-26H,8-9H2,1H3. The van der Waals surface area contributed by atoms with E-state index in [4.69, 9.17) is 24.1 Å². The minimum atomic E-state index is -1.56. The third kappa shape index (κ3) is 4.99. The molecule has 10 heteroatoms. The summed E-state index contributed by atoms with van der Waals surface area (Å²) in [6, 6.07) is 6.96. The summed E-state index contributed by atoms with van der Waals surface area (Å²) in [5.74, 6) is 0.388. The third-order valence-electron chi connectivity index (χ3n) is 5.08. The van der Waals surface area contributed by atoms with Crippen molar-refractivity contribution in [1.29, 1.82) is 0 Å². The molecule has 10 nitrogen and oxygen atoms in total. The number of allylic oxidation sites excluding steroid dienone is 1. The number of hydrogen-bond acceptors (Lipinski definition) is 10. The van der Waals surface area contributed by atoms with Gasteiger partial charge in [0.15, 0.2) is 6.29 Å². The highest BCUT2D eigenvalue weighted by Gasteiger charge is 2.47. The van der Waals surface area contributed by atoms with Crippen LogP contribution in [0.3, 0.4) is 0 Å². The predicted molar refractivity (Wildman–Crippen MR) is 102 cm³/mol. The summed E-state index contributed by atoms with van der Waals surface area (Å²) >= 11 is 0. The van der Waals surface area contributed by atoms with Crippen molar-refractivity contribution < 1.29 is 49.6 Å². The second-order valence-electron chi connectivity index (χ2n) is 7.24. The van der Waals surface area contributed by atoms with Gasteiger partial charge in [0.05, 0.1) is 13.2 Å². The molecule has 0 aromatic heterocycles. The van der Waals surface area contributed by atoms with Gasteiger partial charge in [0.25, 0.3) is 0 Å². The van der Waals surface area contributed by atoms with Crippen LogP contribution in [-0.2, 0) is 14.2 Å². The number of benzene rings is 1. The zero-order valence-electron chi connectivity index (χ0n) is 16.4. The van der Waals surface area contributed by atoms with Gasteiger partial charge in [-0.1, -0.05) is 24.3 Å². The zero-order chi connectivity index (χ0) is 21.8. The van der Waals surface area contributed by atoms with E-state index < -0.39 is 61.9 Å². The van der Waals surface area contributed by atoms with Gasteiger partial charge in [-0.3, -0.25) is 0 Å². The summed E-state index contributed by atoms with van der Waals surface area (Å²) in [7, 11) is 0. The summed E-state index contributed by atoms with van der Waals surface area (Å²) < 4.78 is 21.8. The lowest BCUT2D eigenvalue weighted by molar-refractivity contribution is -0.290. The normalized spacial score (nSPS) is 39.5. The van der Waals surface area contributed by atoms with Crippen molar-refractivity contribution in [2.45, 2.75) is 62.2 Å². The number of aliphatic hydroxyl groups is 6. The van der Waals surface area contributed by atoms with Gasteiger partial charge in [-0.05, 0) is 24.6 Å². The first-order chi connectivity index (χ1) is 14.3. The molecule has 1 aromatic carbocycles. The Kier molecular flexibility index (Phi) is 7.80. The van der Waals surface area contributed by atoms with Crippen molar-refractivity contribution in [2.24, 2.45) is 0 Å². The van der Waals surface area contributed by atoms with Crippen molar-refractivity contribution in [1.82, 2.24) is 0 Å². The number of ether oxygens (including phenoxy) is 4. The molecule has 9 atom stereocenters. The largest absolute Gasteiger partial charge is 0.462 e. The molecule has 3 rings (SSSR count). The molecule has 2 aliphatic rings. The molecule has 0 spiro atoms. The number of aliphatic hydroxyl groups excluding tert-OH is 6. The number of rotatable bonds is 7. The molecule has 6 N–H and O–H groups in total. The smallest absolute Gasteiger partial charge is 0.229 e. The third-order valence-corrected chi connectivity index (χ3v) is 5.08. The van der Waals surface area contributed by atoms with Crippen LogP contribution < -0.4 is 4.74 Å². The molecule has 2 saturated heterocycles. The van der Waals surface area contributed by atoms with Crippen LogP contribution in [0, 0.1) is 0 Å². The molecule has 0 bridgehead atoms. The zero-order valence-corrected chi connectivity index (χ0v) is 16.4. The van der Waals surface area contributed by atoms with Crippen LogP contribution in [-0.4, -0.2) is 99.2 Å². The van der Waals surface area contributed by atoms with Crippen molar-refractivity contribution in [3.63, 3.8) is 0 Å². The van der Waals surface area contributed by atoms with Gasteiger partial charge in [-0.2, -0.15) is 0 Å². The molecule has 30 heavy (non-hydrogen) atoms. The fraction of sp³-hybridized carbons (Fsp3) is 0.600. The lowest BCUT2D eigenvalue weighted by Crippen LogP contribution is -2.60. The fourth-order valence-corrected chi connectivity index (χ4v) is 3.33. The lowest BCUT2D eigenvalue weighted by Gasteiger charge is -2.40. The van der Waals surface area contributed by atoms with Crippen LogP contribution in [0.5, 0.6) is 5.75 Å². The fourth-order valence-electron chi connectivity index (χ4n) is 3.33. The first-order valence-corrected chi connectivity index (χ1v) is 9.68. The van der Waals surface area contributed by atoms with Crippen molar-refractivity contribution in [3.05, 3.63) is 35.9 Å². The van der Waals surface area contributed by atoms with Gasteiger partial charge in [0.2, 0.25) is 6.29 Å². The Balaban J connectivity index is 1.61. The van der Waals surface area contributed by atoms with Crippen LogP contribution in [0.15, 0.2) is 30.3 Å². The number of hydrogen-bond donors (Lipinski definition) is 6. The van der Waals surface area contributed by atoms with E-state index in [2.05, 4.69) is 0 Å². The lowest BCUT2D eigenvalue weighted by atomic mass is 9.99. The Morgan fingerprint density at radius 2 is 1.43 bits per heavy atom. The maximum atomic E-state index is 10.2. The van der Waals surface area contributed by atoms with Gasteiger partial charge in [0, 0.05) is 0 Å². The van der Waals surface area contributed by atoms with E-state index in [1.54, 1.807) is 24.3 Å². The quantitative estimate of drug-likeness (QED) is 0.298. The van der Waals surface area contributed by atoms with Crippen LogP contribution >= 0.6 is 0 Å². The van der Waals surface area contributed by atoms with E-state index in [0.717, 1.165) is 5.56 Å². The van der Waals surface area contributed by atoms with Crippen molar-refractivity contribution in [2.75, 3.05) is 13.2 Å². The van der Waals surface area contributed by atoms with Gasteiger partial charge < -0.3 is 49.6 Å². The average molecular weight is 428 g/mol. The van der Waals surface area contributed by atoms with Crippen molar-refractivity contribution in [3.8, 4) is 5.75 Å². The minimum absolute atomic E-state index is 0.336. The molecule has 1 aromatic rings. The van der Waals surface area contributed by atoms with E-state index in [0.29, 0.717) is 5.75 Å². The first-order valence-electron chi connectivity index (χ1n) is 9.68. The molecule has 0 radical (unpaired) electrons. The summed E-state index contributed by atoms with van der Waals surface area (Å²) in [6.45, 7) is 1.05. The monoisotopic (exact) mass is 428 g/mol. The summed E-state index contributed by atoms with van der Waals surface area (Å²) in [5, 5.41) is 59.4. The molecule has 168 valence electrons. The summed E-state index contributed by atoms with van der Waals surface area (Å²) in [5.41, 5.74) is 0.954. The molecule has 0 amide bonds. The average Bonchev–Trinajstić information content (AvgIpc) is 3.02. The molecule has 2 fully saturated rings. The Morgan fingerprint density at radius 1 is 0.833 bits per heavy atom. The highest BCUT2D eigenvalue weighted by molar-refractivity contribution is 5.50. The first kappa shape index (κ1) is 23.1. The second kappa shape index (κ2) is 10.1. The van der Waals surface area contributed by atoms with Gasteiger partial charge in [-0.15, -0.1) is 0 Å². The van der Waals surface area contributed by atoms with Crippen LogP contribution in [0.1, 0.15) is 12.5 Å². The van der Waals surface area contributed by atoms with E-state index >= 15 is 0 Å². The van der Waals surface area contributed by atoms with E-state index in [-0.39, 0.29) is 6.61 Å². The molecule has 0 saturated carbocycles. The SMILES string of the molecule is CC=Cc1ccc(OC2OC(COC3OC(CO)C(O)C3O)C(O)C(O)C2O)cc1. The Labute approximate surface area is 173 Å². The van der Waals surface area contributed by atoms with Crippen molar-refractivity contribution >= 4 is 6.08 Å². The Bertz CT molecular complexity index is 695. The van der Waals surface area contributed by atoms with E-state index in [1.165, 1.54) is 0 Å². The van der Waals surface area contributed by atoms with Crippen LogP contribution in [0.2, 0.25) is 0 Å². The van der Waals surface area contributed by atoms with Gasteiger partial charge in [-0.25, -0.2) is 0 Å². The van der Waals surface area contributed by atoms with Gasteiger partial charge >= 0.3 is 0 Å². The minimum Gasteiger partial charge on any atom is -0.462 e. The van der Waals surface area contributed by atoms with Crippen LogP contribution in [0.25, 0.3) is 6.08 Å². The molecule has 2 heterocycles. The molecular formula is C20H28O10. The van der Waals surface area contributed by atoms with E-state index in [9.17, 15) is 25.5 Å². The summed E-state index contributed by atoms with van der Waals surface area (Å²) in [6.07, 6.45) is -8.16. The Hall–Kier alpha value is -1.60. The maximum Gasteiger partial charge on any atom is 0.229 e. The summed E-state index contributed by atoms with van der Waals surface area (Å²) in [4.78, 5) is 0. The predicted octanol–water partition coefficient (Wildman–Crippen LogP) is -1.64. The molecule has 9 unspecified atom stereocenters. The van der Waals surface area contributed by atoms with Gasteiger partial charge in [0.1, 0.15) is 48.5 Å². The second-order valence-corrected chi connectivity index (χ2v) is 7.24. The maximum absolute atomic E-state index is 10.2. The molecular weight excluding hydrogens is 400 g/mol. The Morgan fingerprint density at radius 3 is 2.03 bits per heavy atom. The topological polar surface area (TPSA) is 158 Å².